The third-order valence-electron chi connectivity index (χ3n) is 2.17. The zero-order chi connectivity index (χ0) is 12.0. The Hall–Kier alpha value is -1.49. The number of hydrogen-bond acceptors (Lipinski definition) is 0. The lowest BCUT2D eigenvalue weighted by Crippen LogP contribution is -1.83. The van der Waals surface area contributed by atoms with Crippen LogP contribution in [0.3, 0.4) is 0 Å². The van der Waals surface area contributed by atoms with Gasteiger partial charge < -0.3 is 0 Å². The van der Waals surface area contributed by atoms with Crippen molar-refractivity contribution in [3.63, 3.8) is 0 Å². The summed E-state index contributed by atoms with van der Waals surface area (Å²) >= 11 is 6.14. The van der Waals surface area contributed by atoms with Gasteiger partial charge in [0.1, 0.15) is 0 Å². The zero-order valence-electron chi connectivity index (χ0n) is 9.63. The highest BCUT2D eigenvalue weighted by atomic mass is 35.5. The second kappa shape index (κ2) is 6.17. The number of allylic oxidation sites excluding steroid dienone is 5. The van der Waals surface area contributed by atoms with Crippen molar-refractivity contribution in [3.8, 4) is 0 Å². The summed E-state index contributed by atoms with van der Waals surface area (Å²) in [4.78, 5) is 0. The van der Waals surface area contributed by atoms with Gasteiger partial charge in [0.05, 0.1) is 0 Å². The molecule has 0 unspecified atom stereocenters. The zero-order valence-corrected chi connectivity index (χ0v) is 10.4. The smallest absolute Gasteiger partial charge is 0.0490 e. The highest BCUT2D eigenvalue weighted by Gasteiger charge is 2.03. The molecule has 0 aliphatic carbocycles. The summed E-state index contributed by atoms with van der Waals surface area (Å²) < 4.78 is 0. The van der Waals surface area contributed by atoms with Gasteiger partial charge in [-0.15, -0.1) is 5.73 Å². The van der Waals surface area contributed by atoms with E-state index in [2.05, 4.69) is 12.3 Å². The third-order valence-corrected chi connectivity index (χ3v) is 2.50. The van der Waals surface area contributed by atoms with E-state index < -0.39 is 0 Å². The molecular formula is C15H15Cl. The molecular weight excluding hydrogens is 216 g/mol. The molecule has 0 saturated heterocycles. The molecule has 0 saturated carbocycles. The number of benzene rings is 1. The van der Waals surface area contributed by atoms with Crippen LogP contribution in [0.15, 0.2) is 54.8 Å². The molecule has 0 fully saturated rings. The van der Waals surface area contributed by atoms with Gasteiger partial charge in [-0.05, 0) is 32.1 Å². The molecule has 0 N–H and O–H groups in total. The van der Waals surface area contributed by atoms with Gasteiger partial charge in [0, 0.05) is 16.2 Å². The second-order valence-corrected chi connectivity index (χ2v) is 3.87. The summed E-state index contributed by atoms with van der Waals surface area (Å²) in [6, 6.07) is 5.92. The molecule has 82 valence electrons. The SMILES string of the molecule is C=C=C(/C=C\C=C/C)c1cc(C)ccc1Cl. The summed E-state index contributed by atoms with van der Waals surface area (Å²) in [5.41, 5.74) is 5.96. The Balaban J connectivity index is 3.15. The lowest BCUT2D eigenvalue weighted by Gasteiger charge is -2.04. The highest BCUT2D eigenvalue weighted by molar-refractivity contribution is 6.32. The van der Waals surface area contributed by atoms with E-state index >= 15 is 0 Å². The van der Waals surface area contributed by atoms with Gasteiger partial charge in [0.15, 0.2) is 0 Å². The number of halogens is 1. The monoisotopic (exact) mass is 230 g/mol. The van der Waals surface area contributed by atoms with E-state index in [1.54, 1.807) is 0 Å². The fourth-order valence-electron chi connectivity index (χ4n) is 1.35. The van der Waals surface area contributed by atoms with Crippen molar-refractivity contribution < 1.29 is 0 Å². The van der Waals surface area contributed by atoms with Crippen molar-refractivity contribution in [1.82, 2.24) is 0 Å². The fraction of sp³-hybridized carbons (Fsp3) is 0.133. The predicted octanol–water partition coefficient (Wildman–Crippen LogP) is 4.95. The topological polar surface area (TPSA) is 0 Å². The Morgan fingerprint density at radius 2 is 2.12 bits per heavy atom. The Kier molecular flexibility index (Phi) is 4.85. The van der Waals surface area contributed by atoms with Crippen LogP contribution in [0.4, 0.5) is 0 Å². The molecule has 0 spiro atoms. The Morgan fingerprint density at radius 1 is 1.38 bits per heavy atom. The van der Waals surface area contributed by atoms with Gasteiger partial charge in [-0.2, -0.15) is 0 Å². The third kappa shape index (κ3) is 3.27. The molecule has 0 radical (unpaired) electrons. The minimum atomic E-state index is 0.724. The highest BCUT2D eigenvalue weighted by Crippen LogP contribution is 2.25. The van der Waals surface area contributed by atoms with E-state index in [9.17, 15) is 0 Å². The summed E-state index contributed by atoms with van der Waals surface area (Å²) in [5.74, 6) is 0. The van der Waals surface area contributed by atoms with Crippen LogP contribution in [0.25, 0.3) is 5.57 Å². The van der Waals surface area contributed by atoms with Gasteiger partial charge in [-0.1, -0.05) is 48.0 Å². The van der Waals surface area contributed by atoms with Crippen LogP contribution in [0.5, 0.6) is 0 Å². The van der Waals surface area contributed by atoms with Crippen LogP contribution in [0.2, 0.25) is 5.02 Å². The standard InChI is InChI=1S/C15H15Cl/c1-4-6-7-8-13(5-2)14-11-12(3)9-10-15(14)16/h4,6-11H,2H2,1,3H3/b6-4-,8-7-. The lowest BCUT2D eigenvalue weighted by molar-refractivity contribution is 1.45. The Labute approximate surface area is 102 Å². The van der Waals surface area contributed by atoms with Gasteiger partial charge in [-0.25, -0.2) is 0 Å². The van der Waals surface area contributed by atoms with Crippen molar-refractivity contribution in [3.05, 3.63) is 71.0 Å². The molecule has 1 aromatic carbocycles. The van der Waals surface area contributed by atoms with E-state index in [0.29, 0.717) is 0 Å². The van der Waals surface area contributed by atoms with E-state index in [1.165, 1.54) is 5.56 Å². The Bertz CT molecular complexity index is 472. The molecule has 1 rings (SSSR count). The second-order valence-electron chi connectivity index (χ2n) is 3.46. The molecule has 0 aliphatic rings. The molecule has 16 heavy (non-hydrogen) atoms. The van der Waals surface area contributed by atoms with Crippen LogP contribution in [0, 0.1) is 6.92 Å². The van der Waals surface area contributed by atoms with Gasteiger partial charge >= 0.3 is 0 Å². The molecule has 1 aromatic rings. The van der Waals surface area contributed by atoms with Crippen molar-refractivity contribution in [1.29, 1.82) is 0 Å². The molecule has 0 heterocycles. The first kappa shape index (κ1) is 12.6. The minimum Gasteiger partial charge on any atom is -0.120 e. The fourth-order valence-corrected chi connectivity index (χ4v) is 1.57. The minimum absolute atomic E-state index is 0.724. The summed E-state index contributed by atoms with van der Waals surface area (Å²) in [6.45, 7) is 7.70. The molecule has 0 aromatic heterocycles. The van der Waals surface area contributed by atoms with Crippen LogP contribution in [-0.2, 0) is 0 Å². The predicted molar refractivity (Wildman–Crippen MR) is 72.7 cm³/mol. The van der Waals surface area contributed by atoms with Crippen molar-refractivity contribution >= 4 is 17.2 Å². The van der Waals surface area contributed by atoms with Gasteiger partial charge in [-0.3, -0.25) is 0 Å². The molecule has 0 amide bonds. The first-order valence-electron chi connectivity index (χ1n) is 5.15. The number of rotatable bonds is 3. The molecule has 0 aliphatic heterocycles. The normalized spacial score (nSPS) is 10.9. The summed E-state index contributed by atoms with van der Waals surface area (Å²) in [6.07, 6.45) is 7.83. The first-order chi connectivity index (χ1) is 7.69. The number of hydrogen-bond donors (Lipinski definition) is 0. The number of aryl methyl sites for hydroxylation is 1. The van der Waals surface area contributed by atoms with Crippen LogP contribution in [-0.4, -0.2) is 0 Å². The van der Waals surface area contributed by atoms with Crippen molar-refractivity contribution in [2.45, 2.75) is 13.8 Å². The average molecular weight is 231 g/mol. The Morgan fingerprint density at radius 3 is 2.75 bits per heavy atom. The van der Waals surface area contributed by atoms with E-state index in [0.717, 1.165) is 16.2 Å². The van der Waals surface area contributed by atoms with Crippen molar-refractivity contribution in [2.24, 2.45) is 0 Å². The largest absolute Gasteiger partial charge is 0.120 e. The molecule has 0 atom stereocenters. The maximum Gasteiger partial charge on any atom is 0.0490 e. The summed E-state index contributed by atoms with van der Waals surface area (Å²) in [7, 11) is 0. The maximum absolute atomic E-state index is 6.14. The van der Waals surface area contributed by atoms with Crippen LogP contribution in [0.1, 0.15) is 18.1 Å². The van der Waals surface area contributed by atoms with E-state index in [1.807, 2.05) is 56.4 Å². The molecule has 1 heteroatoms. The first-order valence-corrected chi connectivity index (χ1v) is 5.52. The van der Waals surface area contributed by atoms with Crippen LogP contribution < -0.4 is 0 Å². The van der Waals surface area contributed by atoms with Crippen LogP contribution >= 0.6 is 11.6 Å². The summed E-state index contributed by atoms with van der Waals surface area (Å²) in [5, 5.41) is 0.724. The average Bonchev–Trinajstić information content (AvgIpc) is 2.28. The van der Waals surface area contributed by atoms with Crippen molar-refractivity contribution in [2.75, 3.05) is 0 Å². The lowest BCUT2D eigenvalue weighted by atomic mass is 10.0. The van der Waals surface area contributed by atoms with Gasteiger partial charge in [0.2, 0.25) is 0 Å². The molecule has 0 bridgehead atoms. The van der Waals surface area contributed by atoms with Gasteiger partial charge in [0.25, 0.3) is 0 Å². The van der Waals surface area contributed by atoms with E-state index in [4.69, 9.17) is 11.6 Å². The molecule has 0 nitrogen and oxygen atoms in total. The maximum atomic E-state index is 6.14. The quantitative estimate of drug-likeness (QED) is 0.509. The van der Waals surface area contributed by atoms with E-state index in [-0.39, 0.29) is 0 Å².